The maximum absolute atomic E-state index is 13.3. The van der Waals surface area contributed by atoms with E-state index in [1.165, 1.54) is 15.4 Å². The summed E-state index contributed by atoms with van der Waals surface area (Å²) in [5.74, 6) is -5.01. The Labute approximate surface area is 169 Å². The molecule has 1 aromatic carbocycles. The van der Waals surface area contributed by atoms with Crippen molar-refractivity contribution in [2.45, 2.75) is 37.8 Å². The number of pyridine rings is 1. The number of benzene rings is 1. The average Bonchev–Trinajstić information content (AvgIpc) is 3.08. The Kier molecular flexibility index (Phi) is 4.97. The molecule has 1 N–H and O–H groups in total. The number of aromatic nitrogens is 3. The molecule has 1 aliphatic carbocycles. The quantitative estimate of drug-likeness (QED) is 0.666. The Balaban J connectivity index is 1.49. The van der Waals surface area contributed by atoms with Crippen LogP contribution in [0.15, 0.2) is 53.6 Å². The van der Waals surface area contributed by atoms with E-state index in [9.17, 15) is 27.9 Å². The van der Waals surface area contributed by atoms with Gasteiger partial charge in [-0.05, 0) is 17.2 Å². The minimum Gasteiger partial charge on any atom is -0.478 e. The maximum Gasteiger partial charge on any atom is 0.339 e. The van der Waals surface area contributed by atoms with Crippen molar-refractivity contribution >= 4 is 5.97 Å². The Bertz CT molecular complexity index is 1140. The number of halogens is 3. The SMILES string of the molecule is O=C(O)c1cn(Cc2ccc(Cn3cc(F)ccc3=O)cc2)nc1C1CC(F)(F)C1. The first-order chi connectivity index (χ1) is 14.2. The predicted molar refractivity (Wildman–Crippen MR) is 101 cm³/mol. The van der Waals surface area contributed by atoms with Crippen molar-refractivity contribution < 1.29 is 23.1 Å². The number of hydrogen-bond donors (Lipinski definition) is 1. The molecule has 2 heterocycles. The first kappa shape index (κ1) is 19.9. The number of carboxylic acids is 1. The molecule has 0 atom stereocenters. The van der Waals surface area contributed by atoms with E-state index in [-0.39, 0.29) is 29.9 Å². The number of carbonyl (C=O) groups is 1. The first-order valence-electron chi connectivity index (χ1n) is 9.32. The molecular formula is C21H18F3N3O3. The molecule has 30 heavy (non-hydrogen) atoms. The largest absolute Gasteiger partial charge is 0.478 e. The highest BCUT2D eigenvalue weighted by molar-refractivity contribution is 5.88. The van der Waals surface area contributed by atoms with Crippen LogP contribution in [0, 0.1) is 5.82 Å². The van der Waals surface area contributed by atoms with Gasteiger partial charge in [0.15, 0.2) is 0 Å². The zero-order chi connectivity index (χ0) is 21.5. The normalized spacial score (nSPS) is 15.7. The molecule has 1 fully saturated rings. The first-order valence-corrected chi connectivity index (χ1v) is 9.32. The molecule has 0 aliphatic heterocycles. The lowest BCUT2D eigenvalue weighted by molar-refractivity contribution is -0.0878. The van der Waals surface area contributed by atoms with Crippen molar-refractivity contribution in [2.24, 2.45) is 0 Å². The second-order valence-electron chi connectivity index (χ2n) is 7.52. The van der Waals surface area contributed by atoms with Crippen molar-refractivity contribution in [1.29, 1.82) is 0 Å². The molecule has 0 radical (unpaired) electrons. The number of hydrogen-bond acceptors (Lipinski definition) is 3. The van der Waals surface area contributed by atoms with Gasteiger partial charge in [0.05, 0.1) is 18.8 Å². The van der Waals surface area contributed by atoms with Crippen molar-refractivity contribution in [3.8, 4) is 0 Å². The highest BCUT2D eigenvalue weighted by Gasteiger charge is 2.48. The third kappa shape index (κ3) is 4.14. The fraction of sp³-hybridized carbons (Fsp3) is 0.286. The summed E-state index contributed by atoms with van der Waals surface area (Å²) < 4.78 is 42.4. The lowest BCUT2D eigenvalue weighted by atomic mass is 9.78. The summed E-state index contributed by atoms with van der Waals surface area (Å²) in [6.45, 7) is 0.478. The van der Waals surface area contributed by atoms with Gasteiger partial charge in [-0.3, -0.25) is 9.48 Å². The summed E-state index contributed by atoms with van der Waals surface area (Å²) in [7, 11) is 0. The minimum absolute atomic E-state index is 0.0578. The van der Waals surface area contributed by atoms with Gasteiger partial charge >= 0.3 is 5.97 Å². The smallest absolute Gasteiger partial charge is 0.339 e. The number of aromatic carboxylic acids is 1. The van der Waals surface area contributed by atoms with Crippen LogP contribution < -0.4 is 5.56 Å². The van der Waals surface area contributed by atoms with Crippen LogP contribution in [0.3, 0.4) is 0 Å². The average molecular weight is 417 g/mol. The molecule has 0 saturated heterocycles. The maximum atomic E-state index is 13.3. The number of rotatable bonds is 6. The Morgan fingerprint density at radius 3 is 2.30 bits per heavy atom. The van der Waals surface area contributed by atoms with Crippen molar-refractivity contribution in [3.05, 3.63) is 87.3 Å². The van der Waals surface area contributed by atoms with Gasteiger partial charge in [0, 0.05) is 37.2 Å². The van der Waals surface area contributed by atoms with Gasteiger partial charge in [-0.1, -0.05) is 24.3 Å². The summed E-state index contributed by atoms with van der Waals surface area (Å²) in [4.78, 5) is 23.3. The van der Waals surface area contributed by atoms with Gasteiger partial charge in [0.2, 0.25) is 5.92 Å². The minimum atomic E-state index is -2.76. The van der Waals surface area contributed by atoms with E-state index < -0.39 is 36.5 Å². The number of nitrogens with zero attached hydrogens (tertiary/aromatic N) is 3. The molecule has 1 aliphatic rings. The van der Waals surface area contributed by atoms with E-state index >= 15 is 0 Å². The Morgan fingerprint density at radius 2 is 1.70 bits per heavy atom. The van der Waals surface area contributed by atoms with Gasteiger partial charge in [-0.2, -0.15) is 5.10 Å². The third-order valence-corrected chi connectivity index (χ3v) is 5.17. The van der Waals surface area contributed by atoms with E-state index in [1.54, 1.807) is 24.3 Å². The molecular weight excluding hydrogens is 399 g/mol. The van der Waals surface area contributed by atoms with E-state index in [1.807, 2.05) is 0 Å². The molecule has 0 amide bonds. The fourth-order valence-electron chi connectivity index (χ4n) is 3.60. The summed E-state index contributed by atoms with van der Waals surface area (Å²) in [6, 6.07) is 9.41. The molecule has 156 valence electrons. The lowest BCUT2D eigenvalue weighted by Gasteiger charge is -2.33. The third-order valence-electron chi connectivity index (χ3n) is 5.17. The van der Waals surface area contributed by atoms with Gasteiger partial charge in [-0.25, -0.2) is 18.0 Å². The van der Waals surface area contributed by atoms with E-state index in [0.29, 0.717) is 0 Å². The Morgan fingerprint density at radius 1 is 1.07 bits per heavy atom. The number of carboxylic acid groups (broad SMARTS) is 1. The van der Waals surface area contributed by atoms with Crippen LogP contribution in [-0.4, -0.2) is 31.3 Å². The summed E-state index contributed by atoms with van der Waals surface area (Å²) in [5.41, 5.74) is 1.42. The van der Waals surface area contributed by atoms with Crippen LogP contribution in [0.1, 0.15) is 45.9 Å². The molecule has 1 saturated carbocycles. The molecule has 0 bridgehead atoms. The standard InChI is InChI=1S/C21H18F3N3O3/c22-16-5-6-18(28)26(11-16)9-13-1-3-14(4-2-13)10-27-12-17(20(29)30)19(25-27)15-7-21(23,24)8-15/h1-6,11-12,15H,7-10H2,(H,29,30). The van der Waals surface area contributed by atoms with Crippen LogP contribution >= 0.6 is 0 Å². The van der Waals surface area contributed by atoms with E-state index in [4.69, 9.17) is 0 Å². The summed E-state index contributed by atoms with van der Waals surface area (Å²) >= 11 is 0. The zero-order valence-electron chi connectivity index (χ0n) is 15.8. The summed E-state index contributed by atoms with van der Waals surface area (Å²) in [5, 5.41) is 13.6. The lowest BCUT2D eigenvalue weighted by Crippen LogP contribution is -2.34. The second-order valence-corrected chi connectivity index (χ2v) is 7.52. The molecule has 4 rings (SSSR count). The zero-order valence-corrected chi connectivity index (χ0v) is 15.8. The molecule has 2 aromatic heterocycles. The number of alkyl halides is 2. The van der Waals surface area contributed by atoms with E-state index in [2.05, 4.69) is 5.10 Å². The van der Waals surface area contributed by atoms with Crippen molar-refractivity contribution in [1.82, 2.24) is 14.3 Å². The molecule has 9 heteroatoms. The van der Waals surface area contributed by atoms with Crippen LogP contribution in [-0.2, 0) is 13.1 Å². The highest BCUT2D eigenvalue weighted by atomic mass is 19.3. The van der Waals surface area contributed by atoms with Crippen molar-refractivity contribution in [2.75, 3.05) is 0 Å². The van der Waals surface area contributed by atoms with E-state index in [0.717, 1.165) is 29.5 Å². The molecule has 0 spiro atoms. The van der Waals surface area contributed by atoms with Gasteiger partial charge in [0.25, 0.3) is 5.56 Å². The highest BCUT2D eigenvalue weighted by Crippen LogP contribution is 2.48. The topological polar surface area (TPSA) is 77.1 Å². The fourth-order valence-corrected chi connectivity index (χ4v) is 3.60. The van der Waals surface area contributed by atoms with Gasteiger partial charge in [-0.15, -0.1) is 0 Å². The van der Waals surface area contributed by atoms with Crippen LogP contribution in [0.25, 0.3) is 0 Å². The second kappa shape index (κ2) is 7.47. The van der Waals surface area contributed by atoms with Gasteiger partial charge < -0.3 is 9.67 Å². The predicted octanol–water partition coefficient (Wildman–Crippen LogP) is 3.49. The molecule has 3 aromatic rings. The summed E-state index contributed by atoms with van der Waals surface area (Å²) in [6.07, 6.45) is 1.71. The van der Waals surface area contributed by atoms with Crippen LogP contribution in [0.5, 0.6) is 0 Å². The van der Waals surface area contributed by atoms with Crippen LogP contribution in [0.4, 0.5) is 13.2 Å². The molecule has 0 unspecified atom stereocenters. The van der Waals surface area contributed by atoms with Gasteiger partial charge in [0.1, 0.15) is 11.4 Å². The monoisotopic (exact) mass is 417 g/mol. The van der Waals surface area contributed by atoms with Crippen LogP contribution in [0.2, 0.25) is 0 Å². The molecule has 6 nitrogen and oxygen atoms in total. The van der Waals surface area contributed by atoms with Crippen molar-refractivity contribution in [3.63, 3.8) is 0 Å². The Hall–Kier alpha value is -3.36.